The van der Waals surface area contributed by atoms with Gasteiger partial charge in [-0.3, -0.25) is 14.5 Å². The zero-order chi connectivity index (χ0) is 19.0. The van der Waals surface area contributed by atoms with Crippen molar-refractivity contribution in [3.63, 3.8) is 0 Å². The molecule has 1 amide bonds. The van der Waals surface area contributed by atoms with Crippen molar-refractivity contribution in [2.24, 2.45) is 0 Å². The molecule has 0 aliphatic rings. The Labute approximate surface area is 154 Å². The summed E-state index contributed by atoms with van der Waals surface area (Å²) in [6.07, 6.45) is 0. The Balaban J connectivity index is 1.54. The third-order valence-electron chi connectivity index (χ3n) is 4.30. The number of aryl methyl sites for hydroxylation is 2. The Hall–Kier alpha value is -3.61. The van der Waals surface area contributed by atoms with E-state index in [4.69, 9.17) is 4.42 Å². The van der Waals surface area contributed by atoms with Gasteiger partial charge >= 0.3 is 5.76 Å². The highest BCUT2D eigenvalue weighted by Gasteiger charge is 2.10. The van der Waals surface area contributed by atoms with Crippen LogP contribution >= 0.6 is 0 Å². The Bertz CT molecular complexity index is 1200. The molecule has 0 bridgehead atoms. The summed E-state index contributed by atoms with van der Waals surface area (Å²) in [5, 5.41) is 7.30. The molecule has 0 saturated heterocycles. The van der Waals surface area contributed by atoms with Crippen molar-refractivity contribution in [2.75, 3.05) is 5.32 Å². The first-order chi connectivity index (χ1) is 13.0. The molecule has 0 unspecified atom stereocenters. The lowest BCUT2D eigenvalue weighted by molar-refractivity contribution is 0.102. The number of amides is 1. The molecule has 0 atom stereocenters. The van der Waals surface area contributed by atoms with Crippen molar-refractivity contribution in [3.05, 3.63) is 81.6 Å². The van der Waals surface area contributed by atoms with E-state index in [1.54, 1.807) is 24.3 Å². The van der Waals surface area contributed by atoms with Gasteiger partial charge in [-0.05, 0) is 55.8 Å². The van der Waals surface area contributed by atoms with E-state index in [2.05, 4.69) is 15.4 Å². The molecule has 0 saturated carbocycles. The molecule has 2 aromatic carbocycles. The van der Waals surface area contributed by atoms with E-state index in [0.717, 1.165) is 17.0 Å². The number of aromatic nitrogens is 3. The Morgan fingerprint density at radius 1 is 1.19 bits per heavy atom. The Morgan fingerprint density at radius 2 is 2.04 bits per heavy atom. The first kappa shape index (κ1) is 16.8. The van der Waals surface area contributed by atoms with Gasteiger partial charge < -0.3 is 9.73 Å². The van der Waals surface area contributed by atoms with Gasteiger partial charge in [0.2, 0.25) is 0 Å². The van der Waals surface area contributed by atoms with Crippen molar-refractivity contribution < 1.29 is 9.21 Å². The van der Waals surface area contributed by atoms with Gasteiger partial charge in [-0.15, -0.1) is 0 Å². The summed E-state index contributed by atoms with van der Waals surface area (Å²) < 4.78 is 6.88. The molecular weight excluding hydrogens is 344 g/mol. The lowest BCUT2D eigenvalue weighted by Crippen LogP contribution is -2.12. The summed E-state index contributed by atoms with van der Waals surface area (Å²) in [7, 11) is 0. The maximum absolute atomic E-state index is 12.6. The molecule has 0 aliphatic heterocycles. The number of benzene rings is 2. The first-order valence-electron chi connectivity index (χ1n) is 8.52. The summed E-state index contributed by atoms with van der Waals surface area (Å²) >= 11 is 0. The molecule has 27 heavy (non-hydrogen) atoms. The Morgan fingerprint density at radius 3 is 2.81 bits per heavy atom. The summed E-state index contributed by atoms with van der Waals surface area (Å²) in [6, 6.07) is 14.5. The number of anilines is 1. The second kappa shape index (κ2) is 6.60. The topological polar surface area (TPSA) is 92.9 Å². The quantitative estimate of drug-likeness (QED) is 0.583. The predicted octanol–water partition coefficient (Wildman–Crippen LogP) is 3.24. The zero-order valence-corrected chi connectivity index (χ0v) is 14.9. The largest absolute Gasteiger partial charge is 0.417 e. The fourth-order valence-electron chi connectivity index (χ4n) is 3.05. The average molecular weight is 362 g/mol. The third kappa shape index (κ3) is 3.52. The van der Waals surface area contributed by atoms with E-state index in [-0.39, 0.29) is 5.91 Å². The fraction of sp³-hybridized carbons (Fsp3) is 0.150. The molecule has 0 spiro atoms. The van der Waals surface area contributed by atoms with Gasteiger partial charge in [0.25, 0.3) is 5.91 Å². The van der Waals surface area contributed by atoms with Crippen LogP contribution in [0.4, 0.5) is 5.69 Å². The minimum atomic E-state index is -0.523. The van der Waals surface area contributed by atoms with Gasteiger partial charge in [-0.25, -0.2) is 4.79 Å². The molecule has 7 nitrogen and oxygen atoms in total. The lowest BCUT2D eigenvalue weighted by Gasteiger charge is -2.08. The third-order valence-corrected chi connectivity index (χ3v) is 4.30. The van der Waals surface area contributed by atoms with Crippen LogP contribution in [0.1, 0.15) is 27.3 Å². The van der Waals surface area contributed by atoms with E-state index in [1.807, 2.05) is 42.8 Å². The van der Waals surface area contributed by atoms with Crippen molar-refractivity contribution in [1.29, 1.82) is 0 Å². The second-order valence-corrected chi connectivity index (χ2v) is 6.46. The lowest BCUT2D eigenvalue weighted by atomic mass is 10.1. The van der Waals surface area contributed by atoms with Crippen LogP contribution in [0.15, 0.2) is 57.7 Å². The number of carbonyl (C=O) groups excluding carboxylic acids is 1. The van der Waals surface area contributed by atoms with Crippen LogP contribution in [0.5, 0.6) is 0 Å². The minimum absolute atomic E-state index is 0.226. The van der Waals surface area contributed by atoms with Crippen LogP contribution in [0.25, 0.3) is 11.1 Å². The normalized spacial score (nSPS) is 11.0. The molecule has 0 fully saturated rings. The number of H-pyrrole nitrogens is 1. The van der Waals surface area contributed by atoms with E-state index in [9.17, 15) is 9.59 Å². The van der Waals surface area contributed by atoms with Crippen molar-refractivity contribution >= 4 is 22.7 Å². The van der Waals surface area contributed by atoms with Gasteiger partial charge in [0.05, 0.1) is 17.8 Å². The van der Waals surface area contributed by atoms with E-state index in [1.165, 1.54) is 0 Å². The summed E-state index contributed by atoms with van der Waals surface area (Å²) in [4.78, 5) is 26.4. The highest BCUT2D eigenvalue weighted by atomic mass is 16.4. The van der Waals surface area contributed by atoms with Gasteiger partial charge in [-0.2, -0.15) is 5.10 Å². The monoisotopic (exact) mass is 362 g/mol. The highest BCUT2D eigenvalue weighted by molar-refractivity contribution is 6.05. The van der Waals surface area contributed by atoms with Crippen molar-refractivity contribution in [2.45, 2.75) is 20.4 Å². The van der Waals surface area contributed by atoms with E-state index in [0.29, 0.717) is 28.9 Å². The van der Waals surface area contributed by atoms with Crippen LogP contribution in [-0.4, -0.2) is 20.7 Å². The molecule has 2 heterocycles. The number of hydrogen-bond acceptors (Lipinski definition) is 4. The fourth-order valence-corrected chi connectivity index (χ4v) is 3.05. The number of aromatic amines is 1. The number of nitrogens with zero attached hydrogens (tertiary/aromatic N) is 2. The summed E-state index contributed by atoms with van der Waals surface area (Å²) in [6.45, 7) is 4.56. The molecule has 2 N–H and O–H groups in total. The van der Waals surface area contributed by atoms with Gasteiger partial charge in [0, 0.05) is 16.9 Å². The molecule has 0 radical (unpaired) electrons. The van der Waals surface area contributed by atoms with Gasteiger partial charge in [0.1, 0.15) is 0 Å². The average Bonchev–Trinajstić information content (AvgIpc) is 3.15. The van der Waals surface area contributed by atoms with Crippen LogP contribution in [-0.2, 0) is 6.54 Å². The van der Waals surface area contributed by atoms with Crippen molar-refractivity contribution in [1.82, 2.24) is 14.8 Å². The SMILES string of the molecule is Cc1cc(C)n(Cc2cccc(C(=O)Nc3ccc4oc(=O)[nH]c4c3)c2)n1. The van der Waals surface area contributed by atoms with Crippen LogP contribution in [0.3, 0.4) is 0 Å². The maximum Gasteiger partial charge on any atom is 0.417 e. The number of oxazole rings is 1. The van der Waals surface area contributed by atoms with Crippen LogP contribution in [0.2, 0.25) is 0 Å². The number of fused-ring (bicyclic) bond motifs is 1. The van der Waals surface area contributed by atoms with Gasteiger partial charge in [0.15, 0.2) is 5.58 Å². The molecule has 136 valence electrons. The maximum atomic E-state index is 12.6. The van der Waals surface area contributed by atoms with Crippen LogP contribution < -0.4 is 11.1 Å². The van der Waals surface area contributed by atoms with Crippen LogP contribution in [0, 0.1) is 13.8 Å². The molecular formula is C20H18N4O3. The molecule has 2 aromatic heterocycles. The second-order valence-electron chi connectivity index (χ2n) is 6.46. The number of rotatable bonds is 4. The van der Waals surface area contributed by atoms with E-state index < -0.39 is 5.76 Å². The highest BCUT2D eigenvalue weighted by Crippen LogP contribution is 2.17. The van der Waals surface area contributed by atoms with Crippen molar-refractivity contribution in [3.8, 4) is 0 Å². The summed E-state index contributed by atoms with van der Waals surface area (Å²) in [5.41, 5.74) is 5.14. The minimum Gasteiger partial charge on any atom is -0.408 e. The number of nitrogens with one attached hydrogen (secondary N) is 2. The molecule has 0 aliphatic carbocycles. The molecule has 7 heteroatoms. The molecule has 4 rings (SSSR count). The Kier molecular flexibility index (Phi) is 4.12. The first-order valence-corrected chi connectivity index (χ1v) is 8.52. The summed E-state index contributed by atoms with van der Waals surface area (Å²) in [5.74, 6) is -0.749. The standard InChI is InChI=1S/C20H18N4O3/c1-12-8-13(2)24(23-12)11-14-4-3-5-15(9-14)19(25)21-16-6-7-18-17(10-16)22-20(26)27-18/h3-10H,11H2,1-2H3,(H,21,25)(H,22,26). The smallest absolute Gasteiger partial charge is 0.408 e. The van der Waals surface area contributed by atoms with E-state index >= 15 is 0 Å². The molecule has 4 aromatic rings. The number of hydrogen-bond donors (Lipinski definition) is 2. The number of carbonyl (C=O) groups is 1. The predicted molar refractivity (Wildman–Crippen MR) is 102 cm³/mol. The zero-order valence-electron chi connectivity index (χ0n) is 14.9. The van der Waals surface area contributed by atoms with Gasteiger partial charge in [-0.1, -0.05) is 12.1 Å².